The third-order valence-corrected chi connectivity index (χ3v) is 6.46. The second-order valence-electron chi connectivity index (χ2n) is 9.11. The summed E-state index contributed by atoms with van der Waals surface area (Å²) in [5, 5.41) is 0. The molecule has 1 aromatic carbocycles. The summed E-state index contributed by atoms with van der Waals surface area (Å²) in [5.41, 5.74) is 6.44. The van der Waals surface area contributed by atoms with E-state index in [1.165, 1.54) is 77.0 Å². The maximum atomic E-state index is 4.17. The molecular formula is C28H42N4. The smallest absolute Gasteiger partial charge is 0.0945 e. The van der Waals surface area contributed by atoms with Crippen LogP contribution in [0.25, 0.3) is 0 Å². The largest absolute Gasteiger partial charge is 0.337 e. The van der Waals surface area contributed by atoms with Crippen molar-refractivity contribution < 1.29 is 0 Å². The van der Waals surface area contributed by atoms with Crippen LogP contribution in [0.5, 0.6) is 0 Å². The van der Waals surface area contributed by atoms with Gasteiger partial charge in [0, 0.05) is 37.9 Å². The first kappa shape index (κ1) is 24.3. The summed E-state index contributed by atoms with van der Waals surface area (Å²) in [5.74, 6) is 0. The van der Waals surface area contributed by atoms with Gasteiger partial charge in [-0.1, -0.05) is 38.8 Å². The fraction of sp³-hybridized carbons (Fsp3) is 0.571. The van der Waals surface area contributed by atoms with Crippen LogP contribution in [0.1, 0.15) is 87.5 Å². The van der Waals surface area contributed by atoms with E-state index in [0.717, 1.165) is 13.1 Å². The number of unbranched alkanes of at least 4 members (excludes halogenated alkanes) is 4. The summed E-state index contributed by atoms with van der Waals surface area (Å²) < 4.78 is 4.38. The molecule has 0 fully saturated rings. The number of nitrogens with zero attached hydrogens (tertiary/aromatic N) is 4. The number of aromatic nitrogens is 4. The first-order valence-corrected chi connectivity index (χ1v) is 12.8. The molecule has 0 amide bonds. The van der Waals surface area contributed by atoms with Gasteiger partial charge in [-0.25, -0.2) is 9.97 Å². The van der Waals surface area contributed by atoms with E-state index in [9.17, 15) is 0 Å². The van der Waals surface area contributed by atoms with E-state index in [-0.39, 0.29) is 0 Å². The van der Waals surface area contributed by atoms with E-state index >= 15 is 0 Å². The van der Waals surface area contributed by atoms with Gasteiger partial charge in [-0.3, -0.25) is 0 Å². The second-order valence-corrected chi connectivity index (χ2v) is 9.11. The Kier molecular flexibility index (Phi) is 10.6. The molecule has 2 heterocycles. The Bertz CT molecular complexity index is 792. The van der Waals surface area contributed by atoms with Gasteiger partial charge in [0.25, 0.3) is 0 Å². The number of benzene rings is 1. The van der Waals surface area contributed by atoms with Crippen molar-refractivity contribution in [3.05, 3.63) is 71.8 Å². The second kappa shape index (κ2) is 13.9. The third-order valence-electron chi connectivity index (χ3n) is 6.46. The van der Waals surface area contributed by atoms with Crippen LogP contribution in [0.4, 0.5) is 0 Å². The van der Waals surface area contributed by atoms with E-state index < -0.39 is 0 Å². The number of hydrogen-bond acceptors (Lipinski definition) is 2. The zero-order valence-corrected chi connectivity index (χ0v) is 20.3. The molecule has 0 N–H and O–H groups in total. The minimum atomic E-state index is 1.07. The Hall–Kier alpha value is -2.36. The van der Waals surface area contributed by atoms with Crippen molar-refractivity contribution in [1.82, 2.24) is 19.1 Å². The molecule has 0 bridgehead atoms. The van der Waals surface area contributed by atoms with Crippen molar-refractivity contribution in [2.24, 2.45) is 0 Å². The highest BCUT2D eigenvalue weighted by atomic mass is 15.0. The fourth-order valence-electron chi connectivity index (χ4n) is 4.51. The van der Waals surface area contributed by atoms with Gasteiger partial charge >= 0.3 is 0 Å². The number of aryl methyl sites for hydroxylation is 6. The topological polar surface area (TPSA) is 35.6 Å². The van der Waals surface area contributed by atoms with Gasteiger partial charge in [0.2, 0.25) is 0 Å². The molecule has 0 saturated heterocycles. The van der Waals surface area contributed by atoms with Gasteiger partial charge in [0.1, 0.15) is 0 Å². The predicted molar refractivity (Wildman–Crippen MR) is 134 cm³/mol. The van der Waals surface area contributed by atoms with Gasteiger partial charge in [0.15, 0.2) is 0 Å². The molecule has 0 atom stereocenters. The molecule has 174 valence electrons. The maximum Gasteiger partial charge on any atom is 0.0945 e. The highest BCUT2D eigenvalue weighted by molar-refractivity contribution is 5.39. The van der Waals surface area contributed by atoms with E-state index in [2.05, 4.69) is 57.5 Å². The molecule has 0 spiro atoms. The Morgan fingerprint density at radius 1 is 0.562 bits per heavy atom. The van der Waals surface area contributed by atoms with E-state index in [0.29, 0.717) is 0 Å². The Morgan fingerprint density at radius 3 is 1.31 bits per heavy atom. The van der Waals surface area contributed by atoms with E-state index in [1.807, 2.05) is 25.0 Å². The molecule has 0 radical (unpaired) electrons. The molecule has 3 aromatic rings. The average Bonchev–Trinajstić information content (AvgIpc) is 3.52. The highest BCUT2D eigenvalue weighted by Gasteiger charge is 2.10. The lowest BCUT2D eigenvalue weighted by atomic mass is 9.89. The number of rotatable bonds is 16. The lowest BCUT2D eigenvalue weighted by Gasteiger charge is -2.17. The van der Waals surface area contributed by atoms with E-state index in [4.69, 9.17) is 0 Å². The van der Waals surface area contributed by atoms with Crippen molar-refractivity contribution in [3.8, 4) is 0 Å². The van der Waals surface area contributed by atoms with Gasteiger partial charge < -0.3 is 9.13 Å². The molecule has 3 rings (SSSR count). The van der Waals surface area contributed by atoms with Gasteiger partial charge in [-0.05, 0) is 86.5 Å². The summed E-state index contributed by atoms with van der Waals surface area (Å²) in [4.78, 5) is 8.33. The lowest BCUT2D eigenvalue weighted by Crippen LogP contribution is -2.04. The van der Waals surface area contributed by atoms with Crippen LogP contribution in [0.2, 0.25) is 0 Å². The zero-order chi connectivity index (χ0) is 22.4. The molecule has 4 nitrogen and oxygen atoms in total. The number of hydrogen-bond donors (Lipinski definition) is 0. The first-order valence-electron chi connectivity index (χ1n) is 12.8. The summed E-state index contributed by atoms with van der Waals surface area (Å²) in [7, 11) is 0. The molecule has 2 aromatic heterocycles. The third kappa shape index (κ3) is 7.96. The first-order chi connectivity index (χ1) is 15.8. The van der Waals surface area contributed by atoms with Gasteiger partial charge in [-0.2, -0.15) is 0 Å². The Morgan fingerprint density at radius 2 is 0.969 bits per heavy atom. The molecule has 0 aliphatic rings. The van der Waals surface area contributed by atoms with Crippen LogP contribution in [0.15, 0.2) is 49.6 Å². The zero-order valence-electron chi connectivity index (χ0n) is 20.3. The van der Waals surface area contributed by atoms with Crippen LogP contribution in [-0.2, 0) is 38.8 Å². The maximum absolute atomic E-state index is 4.17. The van der Waals surface area contributed by atoms with Crippen molar-refractivity contribution in [2.45, 2.75) is 104 Å². The average molecular weight is 435 g/mol. The minimum absolute atomic E-state index is 1.07. The van der Waals surface area contributed by atoms with Crippen molar-refractivity contribution >= 4 is 0 Å². The van der Waals surface area contributed by atoms with Gasteiger partial charge in [-0.15, -0.1) is 0 Å². The van der Waals surface area contributed by atoms with E-state index in [1.54, 1.807) is 22.3 Å². The van der Waals surface area contributed by atoms with Crippen molar-refractivity contribution in [3.63, 3.8) is 0 Å². The Balaban J connectivity index is 1.66. The van der Waals surface area contributed by atoms with Gasteiger partial charge in [0.05, 0.1) is 12.7 Å². The highest BCUT2D eigenvalue weighted by Crippen LogP contribution is 2.24. The molecule has 0 saturated carbocycles. The molecule has 0 unspecified atom stereocenters. The SMILES string of the molecule is CCCCc1cc(CCCCn2ccnc2)c(CCCCn2ccnc2)cc1CCCC. The van der Waals surface area contributed by atoms with Crippen LogP contribution in [0.3, 0.4) is 0 Å². The summed E-state index contributed by atoms with van der Waals surface area (Å²) in [6.45, 7) is 6.74. The van der Waals surface area contributed by atoms with Crippen LogP contribution >= 0.6 is 0 Å². The van der Waals surface area contributed by atoms with Crippen molar-refractivity contribution in [2.75, 3.05) is 0 Å². The van der Waals surface area contributed by atoms with Crippen molar-refractivity contribution in [1.29, 1.82) is 0 Å². The minimum Gasteiger partial charge on any atom is -0.337 e. The molecule has 0 aliphatic carbocycles. The molecule has 32 heavy (non-hydrogen) atoms. The fourth-order valence-corrected chi connectivity index (χ4v) is 4.51. The summed E-state index contributed by atoms with van der Waals surface area (Å²) in [6.07, 6.45) is 26.6. The molecule has 0 aliphatic heterocycles. The monoisotopic (exact) mass is 434 g/mol. The Labute approximate surface area is 195 Å². The van der Waals surface area contributed by atoms with Crippen LogP contribution in [-0.4, -0.2) is 19.1 Å². The predicted octanol–water partition coefficient (Wildman–Crippen LogP) is 6.81. The van der Waals surface area contributed by atoms with Crippen LogP contribution in [0, 0.1) is 0 Å². The lowest BCUT2D eigenvalue weighted by molar-refractivity contribution is 0.597. The summed E-state index contributed by atoms with van der Waals surface area (Å²) >= 11 is 0. The standard InChI is InChI=1S/C28H42N4/c1-3-5-11-25-21-27(13-7-9-17-31-19-15-29-23-31)28(22-26(25)12-6-4-2)14-8-10-18-32-20-16-30-24-32/h15-16,19-24H,3-14,17-18H2,1-2H3. The van der Waals surface area contributed by atoms with Crippen LogP contribution < -0.4 is 0 Å². The number of imidazole rings is 2. The quantitative estimate of drug-likeness (QED) is 0.232. The molecule has 4 heteroatoms. The summed E-state index contributed by atoms with van der Waals surface area (Å²) in [6, 6.07) is 5.17. The molecular weight excluding hydrogens is 392 g/mol. The normalized spacial score (nSPS) is 11.3.